The zero-order valence-electron chi connectivity index (χ0n) is 14.2. The number of carbonyl (C=O) groups is 1. The van der Waals surface area contributed by atoms with Crippen molar-refractivity contribution in [3.05, 3.63) is 70.5 Å². The van der Waals surface area contributed by atoms with Crippen LogP contribution in [0.1, 0.15) is 17.5 Å². The summed E-state index contributed by atoms with van der Waals surface area (Å²) in [5.74, 6) is 0. The van der Waals surface area contributed by atoms with Crippen LogP contribution in [0.15, 0.2) is 59.3 Å². The number of benzene rings is 1. The highest BCUT2D eigenvalue weighted by atomic mass is 79.9. The predicted molar refractivity (Wildman–Crippen MR) is 107 cm³/mol. The van der Waals surface area contributed by atoms with Gasteiger partial charge in [-0.05, 0) is 41.8 Å². The Bertz CT molecular complexity index is 961. The number of carbonyl (C=O) groups excluding carboxylic acids is 1. The highest BCUT2D eigenvalue weighted by Crippen LogP contribution is 2.28. The molecule has 0 saturated heterocycles. The predicted octanol–water partition coefficient (Wildman–Crippen LogP) is 4.32. The van der Waals surface area contributed by atoms with Crippen LogP contribution in [0.2, 0.25) is 0 Å². The summed E-state index contributed by atoms with van der Waals surface area (Å²) < 4.78 is 1.04. The number of rotatable bonds is 3. The lowest BCUT2D eigenvalue weighted by Crippen LogP contribution is -2.41. The summed E-state index contributed by atoms with van der Waals surface area (Å²) >= 11 is 3.42. The van der Waals surface area contributed by atoms with E-state index in [4.69, 9.17) is 0 Å². The summed E-state index contributed by atoms with van der Waals surface area (Å²) in [6.45, 7) is 1.87. The van der Waals surface area contributed by atoms with E-state index < -0.39 is 0 Å². The first-order chi connectivity index (χ1) is 12.7. The van der Waals surface area contributed by atoms with Gasteiger partial charge in [0.1, 0.15) is 5.65 Å². The number of halogens is 1. The Labute approximate surface area is 160 Å². The van der Waals surface area contributed by atoms with Gasteiger partial charge in [0.05, 0.1) is 0 Å². The van der Waals surface area contributed by atoms with Crippen molar-refractivity contribution in [2.75, 3.05) is 13.1 Å². The van der Waals surface area contributed by atoms with Crippen molar-refractivity contribution in [3.63, 3.8) is 0 Å². The second-order valence-electron chi connectivity index (χ2n) is 6.31. The van der Waals surface area contributed by atoms with Gasteiger partial charge in [0, 0.05) is 47.5 Å². The summed E-state index contributed by atoms with van der Waals surface area (Å²) in [6, 6.07) is 12.0. The van der Waals surface area contributed by atoms with Crippen molar-refractivity contribution < 1.29 is 4.79 Å². The van der Waals surface area contributed by atoms with Crippen LogP contribution in [0, 0.1) is 0 Å². The molecule has 0 unspecified atom stereocenters. The van der Waals surface area contributed by atoms with Gasteiger partial charge < -0.3 is 15.2 Å². The monoisotopic (exact) mass is 410 g/mol. The molecule has 0 spiro atoms. The Morgan fingerprint density at radius 1 is 1.27 bits per heavy atom. The van der Waals surface area contributed by atoms with Gasteiger partial charge in [-0.25, -0.2) is 9.78 Å². The third-order valence-electron chi connectivity index (χ3n) is 4.65. The molecule has 0 bridgehead atoms. The molecule has 6 heteroatoms. The average Bonchev–Trinajstić information content (AvgIpc) is 3.11. The number of aromatic amines is 1. The Morgan fingerprint density at radius 3 is 2.88 bits per heavy atom. The Kier molecular flexibility index (Phi) is 4.75. The van der Waals surface area contributed by atoms with Crippen LogP contribution >= 0.6 is 15.9 Å². The van der Waals surface area contributed by atoms with Crippen molar-refractivity contribution in [2.24, 2.45) is 0 Å². The van der Waals surface area contributed by atoms with Gasteiger partial charge in [0.2, 0.25) is 0 Å². The number of urea groups is 1. The van der Waals surface area contributed by atoms with Crippen LogP contribution in [0.4, 0.5) is 4.79 Å². The number of hydrogen-bond donors (Lipinski definition) is 2. The molecule has 0 radical (unpaired) electrons. The van der Waals surface area contributed by atoms with E-state index in [1.54, 1.807) is 6.20 Å². The molecule has 0 aliphatic carbocycles. The van der Waals surface area contributed by atoms with Crippen molar-refractivity contribution in [1.82, 2.24) is 20.2 Å². The van der Waals surface area contributed by atoms with Gasteiger partial charge >= 0.3 is 6.03 Å². The van der Waals surface area contributed by atoms with E-state index in [2.05, 4.69) is 43.4 Å². The number of nitrogens with one attached hydrogen (secondary N) is 2. The topological polar surface area (TPSA) is 61.0 Å². The lowest BCUT2D eigenvalue weighted by atomic mass is 10.00. The van der Waals surface area contributed by atoms with Gasteiger partial charge in [-0.15, -0.1) is 0 Å². The normalized spacial score (nSPS) is 14.3. The molecule has 2 N–H and O–H groups in total. The molecule has 0 saturated carbocycles. The van der Waals surface area contributed by atoms with Crippen LogP contribution in [0.3, 0.4) is 0 Å². The van der Waals surface area contributed by atoms with E-state index in [-0.39, 0.29) is 6.03 Å². The molecule has 2 amide bonds. The van der Waals surface area contributed by atoms with Crippen molar-refractivity contribution >= 4 is 38.6 Å². The molecule has 5 nitrogen and oxygen atoms in total. The van der Waals surface area contributed by atoms with Gasteiger partial charge in [0.25, 0.3) is 0 Å². The van der Waals surface area contributed by atoms with Crippen LogP contribution in [0.5, 0.6) is 0 Å². The highest BCUT2D eigenvalue weighted by molar-refractivity contribution is 9.10. The van der Waals surface area contributed by atoms with Gasteiger partial charge in [-0.1, -0.05) is 34.1 Å². The molecular weight excluding hydrogens is 392 g/mol. The van der Waals surface area contributed by atoms with E-state index in [0.29, 0.717) is 19.6 Å². The fourth-order valence-corrected chi connectivity index (χ4v) is 3.48. The van der Waals surface area contributed by atoms with E-state index in [1.807, 2.05) is 41.4 Å². The molecule has 4 rings (SSSR count). The number of nitrogens with zero attached hydrogens (tertiary/aromatic N) is 2. The quantitative estimate of drug-likeness (QED) is 0.674. The molecule has 2 aromatic heterocycles. The van der Waals surface area contributed by atoms with E-state index in [0.717, 1.165) is 27.5 Å². The van der Waals surface area contributed by atoms with E-state index in [1.165, 1.54) is 11.1 Å². The maximum Gasteiger partial charge on any atom is 0.317 e. The minimum atomic E-state index is -0.0242. The first-order valence-corrected chi connectivity index (χ1v) is 9.39. The molecule has 0 atom stereocenters. The lowest BCUT2D eigenvalue weighted by molar-refractivity contribution is 0.202. The molecule has 3 aromatic rings. The average molecular weight is 411 g/mol. The smallest absolute Gasteiger partial charge is 0.317 e. The maximum absolute atomic E-state index is 12.4. The second-order valence-corrected chi connectivity index (χ2v) is 7.23. The number of aromatic nitrogens is 2. The lowest BCUT2D eigenvalue weighted by Gasteiger charge is -2.26. The second kappa shape index (κ2) is 7.33. The van der Waals surface area contributed by atoms with E-state index >= 15 is 0 Å². The molecule has 0 fully saturated rings. The minimum Gasteiger partial charge on any atom is -0.346 e. The summed E-state index contributed by atoms with van der Waals surface area (Å²) in [4.78, 5) is 21.8. The summed E-state index contributed by atoms with van der Waals surface area (Å²) in [7, 11) is 0. The van der Waals surface area contributed by atoms with Crippen molar-refractivity contribution in [1.29, 1.82) is 0 Å². The maximum atomic E-state index is 12.4. The molecule has 1 aromatic carbocycles. The van der Waals surface area contributed by atoms with Crippen LogP contribution < -0.4 is 5.32 Å². The summed E-state index contributed by atoms with van der Waals surface area (Å²) in [5.41, 5.74) is 4.43. The largest absolute Gasteiger partial charge is 0.346 e. The van der Waals surface area contributed by atoms with Crippen LogP contribution in [-0.4, -0.2) is 34.0 Å². The summed E-state index contributed by atoms with van der Waals surface area (Å²) in [6.07, 6.45) is 6.77. The fourth-order valence-electron chi connectivity index (χ4n) is 3.21. The SMILES string of the molecule is O=C(NCc1ccc(Br)cc1)N1CC=C(c2c[nH]c3ncccc23)CC1. The minimum absolute atomic E-state index is 0.0242. The first kappa shape index (κ1) is 16.8. The highest BCUT2D eigenvalue weighted by Gasteiger charge is 2.19. The third-order valence-corrected chi connectivity index (χ3v) is 5.18. The number of amides is 2. The molecule has 1 aliphatic rings. The molecule has 1 aliphatic heterocycles. The Morgan fingerprint density at radius 2 is 2.12 bits per heavy atom. The standard InChI is InChI=1S/C20H19BrN4O/c21-16-5-3-14(4-6-16)12-24-20(26)25-10-7-15(8-11-25)18-13-23-19-17(18)2-1-9-22-19/h1-7,9,13H,8,10-12H2,(H,22,23)(H,24,26). The molecule has 26 heavy (non-hydrogen) atoms. The molecular formula is C20H19BrN4O. The summed E-state index contributed by atoms with van der Waals surface area (Å²) in [5, 5.41) is 4.12. The number of fused-ring (bicyclic) bond motifs is 1. The number of H-pyrrole nitrogens is 1. The zero-order valence-corrected chi connectivity index (χ0v) is 15.8. The molecule has 3 heterocycles. The molecule has 132 valence electrons. The van der Waals surface area contributed by atoms with Gasteiger partial charge in [-0.2, -0.15) is 0 Å². The van der Waals surface area contributed by atoms with Crippen LogP contribution in [0.25, 0.3) is 16.6 Å². The fraction of sp³-hybridized carbons (Fsp3) is 0.200. The van der Waals surface area contributed by atoms with Gasteiger partial charge in [-0.3, -0.25) is 0 Å². The van der Waals surface area contributed by atoms with Crippen LogP contribution in [-0.2, 0) is 6.54 Å². The Hall–Kier alpha value is -2.60. The van der Waals surface area contributed by atoms with Crippen molar-refractivity contribution in [2.45, 2.75) is 13.0 Å². The van der Waals surface area contributed by atoms with Gasteiger partial charge in [0.15, 0.2) is 0 Å². The number of hydrogen-bond acceptors (Lipinski definition) is 2. The third kappa shape index (κ3) is 3.51. The first-order valence-electron chi connectivity index (χ1n) is 8.59. The van der Waals surface area contributed by atoms with E-state index in [9.17, 15) is 4.79 Å². The Balaban J connectivity index is 1.39. The van der Waals surface area contributed by atoms with Crippen molar-refractivity contribution in [3.8, 4) is 0 Å². The zero-order chi connectivity index (χ0) is 17.9. The number of pyridine rings is 1.